The van der Waals surface area contributed by atoms with Crippen molar-refractivity contribution in [3.63, 3.8) is 0 Å². The van der Waals surface area contributed by atoms with Crippen LogP contribution in [0.4, 0.5) is 0 Å². The largest absolute Gasteiger partial charge is 0.462 e. The second-order valence-electron chi connectivity index (χ2n) is 13.5. The minimum atomic E-state index is -1.30. The third kappa shape index (κ3) is 9.25. The highest BCUT2D eigenvalue weighted by Crippen LogP contribution is 2.34. The van der Waals surface area contributed by atoms with Gasteiger partial charge in [0.25, 0.3) is 0 Å². The minimum Gasteiger partial charge on any atom is -0.462 e. The number of hydrogen-bond acceptors (Lipinski definition) is 10. The van der Waals surface area contributed by atoms with Gasteiger partial charge in [-0.05, 0) is 83.1 Å². The van der Waals surface area contributed by atoms with Gasteiger partial charge in [-0.1, -0.05) is 0 Å². The molecule has 37 heavy (non-hydrogen) atoms. The SMILES string of the molecule is COC1O[C@@H](COC(=O)C(C)(C)C)[C@@H](OC(=O)C(C)(C)C)[C@H](OC(=O)C(C)(C)C)[C@H]1OC(=O)C(C)(C)C. The van der Waals surface area contributed by atoms with Crippen LogP contribution in [0.5, 0.6) is 0 Å². The van der Waals surface area contributed by atoms with E-state index in [0.717, 1.165) is 0 Å². The lowest BCUT2D eigenvalue weighted by Crippen LogP contribution is -2.64. The lowest BCUT2D eigenvalue weighted by molar-refractivity contribution is -0.306. The van der Waals surface area contributed by atoms with E-state index in [2.05, 4.69) is 0 Å². The molecule has 1 fully saturated rings. The first-order chi connectivity index (χ1) is 16.5. The zero-order valence-electron chi connectivity index (χ0n) is 24.7. The predicted molar refractivity (Wildman–Crippen MR) is 134 cm³/mol. The number of hydrogen-bond donors (Lipinski definition) is 0. The van der Waals surface area contributed by atoms with Crippen LogP contribution in [0.2, 0.25) is 0 Å². The molecule has 0 radical (unpaired) electrons. The summed E-state index contributed by atoms with van der Waals surface area (Å²) in [5.41, 5.74) is -3.53. The zero-order chi connectivity index (χ0) is 29.1. The van der Waals surface area contributed by atoms with E-state index in [-0.39, 0.29) is 6.61 Å². The van der Waals surface area contributed by atoms with Gasteiger partial charge in [0.2, 0.25) is 0 Å². The molecule has 1 aliphatic heterocycles. The Labute approximate surface area is 221 Å². The average molecular weight is 531 g/mol. The summed E-state index contributed by atoms with van der Waals surface area (Å²) >= 11 is 0. The summed E-state index contributed by atoms with van der Waals surface area (Å²) < 4.78 is 34.4. The number of esters is 4. The average Bonchev–Trinajstić information content (AvgIpc) is 2.71. The zero-order valence-corrected chi connectivity index (χ0v) is 24.7. The third-order valence-electron chi connectivity index (χ3n) is 5.38. The van der Waals surface area contributed by atoms with Crippen molar-refractivity contribution in [1.29, 1.82) is 0 Å². The quantitative estimate of drug-likeness (QED) is 0.370. The topological polar surface area (TPSA) is 124 Å². The number of ether oxygens (including phenoxy) is 6. The Morgan fingerprint density at radius 2 is 0.919 bits per heavy atom. The van der Waals surface area contributed by atoms with E-state index in [9.17, 15) is 19.2 Å². The Balaban J connectivity index is 3.58. The van der Waals surface area contributed by atoms with Crippen molar-refractivity contribution in [3.8, 4) is 0 Å². The molecule has 0 N–H and O–H groups in total. The van der Waals surface area contributed by atoms with Crippen molar-refractivity contribution in [2.45, 2.75) is 114 Å². The maximum Gasteiger partial charge on any atom is 0.311 e. The van der Waals surface area contributed by atoms with Gasteiger partial charge < -0.3 is 28.4 Å². The molecular formula is C27H46O10. The molecular weight excluding hydrogens is 484 g/mol. The molecule has 0 aliphatic carbocycles. The van der Waals surface area contributed by atoms with Crippen molar-refractivity contribution in [3.05, 3.63) is 0 Å². The van der Waals surface area contributed by atoms with Crippen LogP contribution in [-0.4, -0.2) is 68.3 Å². The second-order valence-corrected chi connectivity index (χ2v) is 13.5. The molecule has 5 atom stereocenters. The highest BCUT2D eigenvalue weighted by molar-refractivity contribution is 5.78. The third-order valence-corrected chi connectivity index (χ3v) is 5.38. The van der Waals surface area contributed by atoms with E-state index in [1.165, 1.54) is 7.11 Å². The fourth-order valence-electron chi connectivity index (χ4n) is 2.88. The molecule has 0 bridgehead atoms. The van der Waals surface area contributed by atoms with E-state index in [1.807, 2.05) is 0 Å². The van der Waals surface area contributed by atoms with Crippen LogP contribution in [0, 0.1) is 21.7 Å². The van der Waals surface area contributed by atoms with Crippen molar-refractivity contribution < 1.29 is 47.6 Å². The monoisotopic (exact) mass is 530 g/mol. The molecule has 0 spiro atoms. The van der Waals surface area contributed by atoms with Gasteiger partial charge in [0.05, 0.1) is 21.7 Å². The predicted octanol–water partition coefficient (Wildman–Crippen LogP) is 3.82. The van der Waals surface area contributed by atoms with Crippen molar-refractivity contribution in [2.75, 3.05) is 13.7 Å². The highest BCUT2D eigenvalue weighted by atomic mass is 16.7. The van der Waals surface area contributed by atoms with Gasteiger partial charge in [-0.2, -0.15) is 0 Å². The Hall–Kier alpha value is -2.20. The van der Waals surface area contributed by atoms with Gasteiger partial charge in [-0.3, -0.25) is 19.2 Å². The lowest BCUT2D eigenvalue weighted by Gasteiger charge is -2.45. The number of carbonyl (C=O) groups is 4. The summed E-state index contributed by atoms with van der Waals surface area (Å²) in [7, 11) is 1.34. The van der Waals surface area contributed by atoms with E-state index >= 15 is 0 Å². The van der Waals surface area contributed by atoms with Gasteiger partial charge in [-0.25, -0.2) is 0 Å². The molecule has 0 saturated carbocycles. The normalized spacial score (nSPS) is 25.2. The number of carbonyl (C=O) groups excluding carboxylic acids is 4. The van der Waals surface area contributed by atoms with E-state index in [0.29, 0.717) is 0 Å². The van der Waals surface area contributed by atoms with Crippen LogP contribution < -0.4 is 0 Å². The molecule has 0 aromatic rings. The van der Waals surface area contributed by atoms with Gasteiger partial charge in [0.1, 0.15) is 12.7 Å². The number of methoxy groups -OCH3 is 1. The van der Waals surface area contributed by atoms with Gasteiger partial charge in [-0.15, -0.1) is 0 Å². The summed E-state index contributed by atoms with van der Waals surface area (Å²) in [4.78, 5) is 51.3. The van der Waals surface area contributed by atoms with Gasteiger partial charge in [0.15, 0.2) is 24.6 Å². The molecule has 214 valence electrons. The van der Waals surface area contributed by atoms with Crippen LogP contribution in [0.15, 0.2) is 0 Å². The van der Waals surface area contributed by atoms with Crippen molar-refractivity contribution in [2.24, 2.45) is 21.7 Å². The molecule has 1 aliphatic rings. The van der Waals surface area contributed by atoms with Crippen molar-refractivity contribution >= 4 is 23.9 Å². The molecule has 10 nitrogen and oxygen atoms in total. The molecule has 1 saturated heterocycles. The van der Waals surface area contributed by atoms with Crippen LogP contribution >= 0.6 is 0 Å². The first-order valence-electron chi connectivity index (χ1n) is 12.5. The number of rotatable bonds is 6. The second kappa shape index (κ2) is 11.7. The Kier molecular flexibility index (Phi) is 10.4. The molecule has 0 aromatic carbocycles. The molecule has 1 rings (SSSR count). The van der Waals surface area contributed by atoms with Crippen LogP contribution in [0.3, 0.4) is 0 Å². The Morgan fingerprint density at radius 3 is 1.27 bits per heavy atom. The smallest absolute Gasteiger partial charge is 0.311 e. The minimum absolute atomic E-state index is 0.318. The first kappa shape index (κ1) is 32.8. The van der Waals surface area contributed by atoms with E-state index in [1.54, 1.807) is 83.1 Å². The standard InChI is InChI=1S/C27H46O10/c1-24(2,3)20(28)33-14-15-16(35-21(29)25(4,5)6)17(36-22(30)26(7,8)9)18(19(32-13)34-15)37-23(31)27(10,11)12/h15-19H,14H2,1-13H3/t15-,16+,17-,18+,19?/m0/s1. The molecule has 1 heterocycles. The fraction of sp³-hybridized carbons (Fsp3) is 0.852. The summed E-state index contributed by atoms with van der Waals surface area (Å²) in [6, 6.07) is 0. The Bertz CT molecular complexity index is 835. The van der Waals surface area contributed by atoms with Crippen LogP contribution in [0.25, 0.3) is 0 Å². The summed E-state index contributed by atoms with van der Waals surface area (Å²) in [5, 5.41) is 0. The van der Waals surface area contributed by atoms with Crippen molar-refractivity contribution in [1.82, 2.24) is 0 Å². The lowest BCUT2D eigenvalue weighted by atomic mass is 9.93. The molecule has 10 heteroatoms. The molecule has 0 aromatic heterocycles. The summed E-state index contributed by atoms with van der Waals surface area (Å²) in [5.74, 6) is -2.33. The Morgan fingerprint density at radius 1 is 0.568 bits per heavy atom. The van der Waals surface area contributed by atoms with E-state index < -0.39 is 76.2 Å². The first-order valence-corrected chi connectivity index (χ1v) is 12.5. The summed E-state index contributed by atoms with van der Waals surface area (Å²) in [6.45, 7) is 19.8. The maximum absolute atomic E-state index is 13.0. The fourth-order valence-corrected chi connectivity index (χ4v) is 2.88. The maximum atomic E-state index is 13.0. The molecule has 1 unspecified atom stereocenters. The van der Waals surface area contributed by atoms with Gasteiger partial charge in [0, 0.05) is 7.11 Å². The van der Waals surface area contributed by atoms with Gasteiger partial charge >= 0.3 is 23.9 Å². The van der Waals surface area contributed by atoms with E-state index in [4.69, 9.17) is 28.4 Å². The van der Waals surface area contributed by atoms with Crippen LogP contribution in [0.1, 0.15) is 83.1 Å². The molecule has 0 amide bonds. The van der Waals surface area contributed by atoms with Crippen LogP contribution in [-0.2, 0) is 47.6 Å². The summed E-state index contributed by atoms with van der Waals surface area (Å²) in [6.07, 6.45) is -6.12. The highest BCUT2D eigenvalue weighted by Gasteiger charge is 2.54.